The molecule has 1 N–H and O–H groups in total. The standard InChI is InChI=1S/C16H24N2O/c1-12-6-4-7-14(10-12)11-18(3)16(19)15-8-5-9-17-13(15)2/h4,6-7,10,13,15,17H,5,8-9,11H2,1-3H3. The highest BCUT2D eigenvalue weighted by Gasteiger charge is 2.29. The fourth-order valence-electron chi connectivity index (χ4n) is 2.83. The van der Waals surface area contributed by atoms with Gasteiger partial charge in [-0.1, -0.05) is 29.8 Å². The zero-order chi connectivity index (χ0) is 13.8. The lowest BCUT2D eigenvalue weighted by molar-refractivity contribution is -0.136. The number of carbonyl (C=O) groups is 1. The van der Waals surface area contributed by atoms with Gasteiger partial charge in [0.25, 0.3) is 0 Å². The van der Waals surface area contributed by atoms with E-state index in [1.54, 1.807) is 0 Å². The number of rotatable bonds is 3. The third kappa shape index (κ3) is 3.57. The lowest BCUT2D eigenvalue weighted by Crippen LogP contribution is -2.47. The minimum Gasteiger partial charge on any atom is -0.341 e. The van der Waals surface area contributed by atoms with Gasteiger partial charge >= 0.3 is 0 Å². The number of piperidine rings is 1. The van der Waals surface area contributed by atoms with Crippen molar-refractivity contribution in [3.8, 4) is 0 Å². The first-order valence-corrected chi connectivity index (χ1v) is 7.12. The van der Waals surface area contributed by atoms with E-state index in [-0.39, 0.29) is 11.8 Å². The molecule has 3 nitrogen and oxygen atoms in total. The Balaban J connectivity index is 1.99. The first-order valence-electron chi connectivity index (χ1n) is 7.12. The summed E-state index contributed by atoms with van der Waals surface area (Å²) in [4.78, 5) is 14.3. The molecule has 19 heavy (non-hydrogen) atoms. The molecule has 0 saturated carbocycles. The molecule has 0 spiro atoms. The van der Waals surface area contributed by atoms with Crippen molar-refractivity contribution in [3.05, 3.63) is 35.4 Å². The van der Waals surface area contributed by atoms with Gasteiger partial charge in [0.1, 0.15) is 0 Å². The topological polar surface area (TPSA) is 32.3 Å². The molecule has 1 aliphatic rings. The highest BCUT2D eigenvalue weighted by molar-refractivity contribution is 5.79. The Morgan fingerprint density at radius 3 is 2.95 bits per heavy atom. The van der Waals surface area contributed by atoms with Gasteiger partial charge in [-0.15, -0.1) is 0 Å². The molecule has 104 valence electrons. The average Bonchev–Trinajstić information content (AvgIpc) is 2.38. The summed E-state index contributed by atoms with van der Waals surface area (Å²) in [6.07, 6.45) is 2.10. The van der Waals surface area contributed by atoms with Gasteiger partial charge in [0, 0.05) is 19.6 Å². The molecule has 0 aliphatic carbocycles. The first-order chi connectivity index (χ1) is 9.08. The maximum absolute atomic E-state index is 12.5. The number of aryl methyl sites for hydroxylation is 1. The maximum atomic E-state index is 12.5. The normalized spacial score (nSPS) is 23.1. The quantitative estimate of drug-likeness (QED) is 0.904. The molecule has 1 heterocycles. The SMILES string of the molecule is Cc1cccc(CN(C)C(=O)C2CCCNC2C)c1. The lowest BCUT2D eigenvalue weighted by atomic mass is 9.90. The molecule has 1 amide bonds. The van der Waals surface area contributed by atoms with Crippen LogP contribution in [0.4, 0.5) is 0 Å². The van der Waals surface area contributed by atoms with E-state index in [1.807, 2.05) is 18.0 Å². The monoisotopic (exact) mass is 260 g/mol. The minimum atomic E-state index is 0.128. The molecule has 1 fully saturated rings. The van der Waals surface area contributed by atoms with Crippen molar-refractivity contribution in [1.29, 1.82) is 0 Å². The van der Waals surface area contributed by atoms with Crippen molar-refractivity contribution in [2.45, 2.75) is 39.3 Å². The van der Waals surface area contributed by atoms with Crippen molar-refractivity contribution < 1.29 is 4.79 Å². The Morgan fingerprint density at radius 1 is 1.47 bits per heavy atom. The Hall–Kier alpha value is -1.35. The Morgan fingerprint density at radius 2 is 2.26 bits per heavy atom. The van der Waals surface area contributed by atoms with E-state index in [2.05, 4.69) is 37.4 Å². The summed E-state index contributed by atoms with van der Waals surface area (Å²) in [7, 11) is 1.91. The molecule has 0 aromatic heterocycles. The zero-order valence-electron chi connectivity index (χ0n) is 12.1. The van der Waals surface area contributed by atoms with E-state index in [4.69, 9.17) is 0 Å². The second-order valence-electron chi connectivity index (χ2n) is 5.67. The van der Waals surface area contributed by atoms with Crippen LogP contribution in [0.1, 0.15) is 30.9 Å². The van der Waals surface area contributed by atoms with Crippen molar-refractivity contribution in [1.82, 2.24) is 10.2 Å². The molecule has 1 aromatic rings. The third-order valence-electron chi connectivity index (χ3n) is 3.96. The summed E-state index contributed by atoms with van der Waals surface area (Å²) in [5.74, 6) is 0.393. The van der Waals surface area contributed by atoms with Crippen LogP contribution in [0, 0.1) is 12.8 Å². The predicted octanol–water partition coefficient (Wildman–Crippen LogP) is 2.34. The van der Waals surface area contributed by atoms with E-state index in [0.717, 1.165) is 19.4 Å². The summed E-state index contributed by atoms with van der Waals surface area (Å²) >= 11 is 0. The van der Waals surface area contributed by atoms with E-state index < -0.39 is 0 Å². The largest absolute Gasteiger partial charge is 0.341 e. The van der Waals surface area contributed by atoms with Crippen LogP contribution in [-0.2, 0) is 11.3 Å². The van der Waals surface area contributed by atoms with E-state index in [1.165, 1.54) is 11.1 Å². The molecule has 2 unspecified atom stereocenters. The van der Waals surface area contributed by atoms with Gasteiger partial charge in [0.05, 0.1) is 5.92 Å². The van der Waals surface area contributed by atoms with Gasteiger partial charge in [-0.05, 0) is 38.8 Å². The summed E-state index contributed by atoms with van der Waals surface area (Å²) < 4.78 is 0. The molecule has 2 rings (SSSR count). The number of hydrogen-bond donors (Lipinski definition) is 1. The van der Waals surface area contributed by atoms with Gasteiger partial charge in [-0.3, -0.25) is 4.79 Å². The van der Waals surface area contributed by atoms with Crippen molar-refractivity contribution >= 4 is 5.91 Å². The highest BCUT2D eigenvalue weighted by atomic mass is 16.2. The summed E-state index contributed by atoms with van der Waals surface area (Å²) in [6.45, 7) is 5.93. The van der Waals surface area contributed by atoms with Crippen LogP contribution in [0.5, 0.6) is 0 Å². The molecule has 0 radical (unpaired) electrons. The first kappa shape index (κ1) is 14.1. The smallest absolute Gasteiger partial charge is 0.227 e. The van der Waals surface area contributed by atoms with E-state index in [0.29, 0.717) is 12.6 Å². The number of nitrogens with one attached hydrogen (secondary N) is 1. The third-order valence-corrected chi connectivity index (χ3v) is 3.96. The molecule has 2 atom stereocenters. The Bertz CT molecular complexity index is 444. The fraction of sp³-hybridized carbons (Fsp3) is 0.562. The number of amides is 1. The molecular formula is C16H24N2O. The summed E-state index contributed by atoms with van der Waals surface area (Å²) in [6, 6.07) is 8.65. The van der Waals surface area contributed by atoms with Gasteiger partial charge in [-0.25, -0.2) is 0 Å². The van der Waals surface area contributed by atoms with Gasteiger partial charge in [0.15, 0.2) is 0 Å². The lowest BCUT2D eigenvalue weighted by Gasteiger charge is -2.32. The van der Waals surface area contributed by atoms with Crippen molar-refractivity contribution in [2.24, 2.45) is 5.92 Å². The van der Waals surface area contributed by atoms with Crippen LogP contribution in [0.25, 0.3) is 0 Å². The van der Waals surface area contributed by atoms with Crippen LogP contribution in [-0.4, -0.2) is 30.4 Å². The van der Waals surface area contributed by atoms with E-state index in [9.17, 15) is 4.79 Å². The zero-order valence-corrected chi connectivity index (χ0v) is 12.1. The average molecular weight is 260 g/mol. The van der Waals surface area contributed by atoms with Crippen LogP contribution in [0.15, 0.2) is 24.3 Å². The summed E-state index contributed by atoms with van der Waals surface area (Å²) in [5.41, 5.74) is 2.44. The second kappa shape index (κ2) is 6.20. The molecule has 0 bridgehead atoms. The number of nitrogens with zero attached hydrogens (tertiary/aromatic N) is 1. The highest BCUT2D eigenvalue weighted by Crippen LogP contribution is 2.19. The number of hydrogen-bond acceptors (Lipinski definition) is 2. The van der Waals surface area contributed by atoms with Crippen LogP contribution < -0.4 is 5.32 Å². The van der Waals surface area contributed by atoms with E-state index >= 15 is 0 Å². The van der Waals surface area contributed by atoms with Crippen molar-refractivity contribution in [3.63, 3.8) is 0 Å². The maximum Gasteiger partial charge on any atom is 0.227 e. The number of benzene rings is 1. The van der Waals surface area contributed by atoms with Gasteiger partial charge in [0.2, 0.25) is 5.91 Å². The van der Waals surface area contributed by atoms with Gasteiger partial charge < -0.3 is 10.2 Å². The van der Waals surface area contributed by atoms with Crippen LogP contribution in [0.2, 0.25) is 0 Å². The van der Waals surface area contributed by atoms with Crippen LogP contribution >= 0.6 is 0 Å². The van der Waals surface area contributed by atoms with Crippen LogP contribution in [0.3, 0.4) is 0 Å². The molecule has 1 aromatic carbocycles. The number of carbonyl (C=O) groups excluding carboxylic acids is 1. The molecule has 3 heteroatoms. The fourth-order valence-corrected chi connectivity index (χ4v) is 2.83. The minimum absolute atomic E-state index is 0.128. The molecular weight excluding hydrogens is 236 g/mol. The van der Waals surface area contributed by atoms with Gasteiger partial charge in [-0.2, -0.15) is 0 Å². The molecule has 1 saturated heterocycles. The predicted molar refractivity (Wildman–Crippen MR) is 77.8 cm³/mol. The van der Waals surface area contributed by atoms with Crippen molar-refractivity contribution in [2.75, 3.05) is 13.6 Å². The Labute approximate surface area is 116 Å². The second-order valence-corrected chi connectivity index (χ2v) is 5.67. The molecule has 1 aliphatic heterocycles. The Kier molecular flexibility index (Phi) is 4.59. The summed E-state index contributed by atoms with van der Waals surface area (Å²) in [5, 5.41) is 3.39.